The minimum absolute atomic E-state index is 0.0828. The maximum absolute atomic E-state index is 11.8. The summed E-state index contributed by atoms with van der Waals surface area (Å²) < 4.78 is 0. The number of nitrogens with zero attached hydrogens (tertiary/aromatic N) is 4. The molecule has 6 nitrogen and oxygen atoms in total. The molecule has 1 aliphatic rings. The molecule has 138 valence electrons. The maximum Gasteiger partial charge on any atom is 0.219 e. The van der Waals surface area contributed by atoms with Crippen LogP contribution in [0.5, 0.6) is 0 Å². The van der Waals surface area contributed by atoms with Crippen LogP contribution in [-0.2, 0) is 17.8 Å². The molecule has 0 aromatic carbocycles. The molecule has 26 heavy (non-hydrogen) atoms. The summed E-state index contributed by atoms with van der Waals surface area (Å²) in [7, 11) is 0. The van der Waals surface area contributed by atoms with Crippen molar-refractivity contribution in [3.05, 3.63) is 35.8 Å². The molecular formula is C20H27N5O. The van der Waals surface area contributed by atoms with Crippen molar-refractivity contribution in [3.8, 4) is 11.4 Å². The van der Waals surface area contributed by atoms with Crippen LogP contribution < -0.4 is 5.32 Å². The average molecular weight is 353 g/mol. The van der Waals surface area contributed by atoms with Gasteiger partial charge in [0.15, 0.2) is 5.82 Å². The Kier molecular flexibility index (Phi) is 5.20. The van der Waals surface area contributed by atoms with E-state index in [4.69, 9.17) is 9.97 Å². The van der Waals surface area contributed by atoms with E-state index in [1.807, 2.05) is 17.0 Å². The van der Waals surface area contributed by atoms with Crippen molar-refractivity contribution in [2.45, 2.75) is 47.1 Å². The number of pyridine rings is 1. The number of nitrogens with one attached hydrogen (secondary N) is 1. The van der Waals surface area contributed by atoms with E-state index in [9.17, 15) is 4.79 Å². The Morgan fingerprint density at radius 1 is 1.31 bits per heavy atom. The van der Waals surface area contributed by atoms with Crippen molar-refractivity contribution in [2.75, 3.05) is 18.4 Å². The Morgan fingerprint density at radius 2 is 2.12 bits per heavy atom. The minimum atomic E-state index is 0.0828. The van der Waals surface area contributed by atoms with Gasteiger partial charge in [-0.1, -0.05) is 20.8 Å². The summed E-state index contributed by atoms with van der Waals surface area (Å²) in [6.45, 7) is 10.4. The molecule has 0 saturated carbocycles. The molecule has 3 heterocycles. The highest BCUT2D eigenvalue weighted by Crippen LogP contribution is 2.27. The third-order valence-corrected chi connectivity index (χ3v) is 4.60. The number of hydrogen-bond donors (Lipinski definition) is 1. The van der Waals surface area contributed by atoms with Gasteiger partial charge in [0.25, 0.3) is 0 Å². The topological polar surface area (TPSA) is 71.0 Å². The van der Waals surface area contributed by atoms with E-state index in [1.54, 1.807) is 19.3 Å². The van der Waals surface area contributed by atoms with Gasteiger partial charge in [-0.05, 0) is 30.4 Å². The van der Waals surface area contributed by atoms with Gasteiger partial charge in [0.1, 0.15) is 5.82 Å². The largest absolute Gasteiger partial charge is 0.370 e. The molecule has 1 aliphatic heterocycles. The third kappa shape index (κ3) is 4.36. The van der Waals surface area contributed by atoms with Crippen molar-refractivity contribution in [2.24, 2.45) is 5.41 Å². The van der Waals surface area contributed by atoms with Crippen LogP contribution in [0.2, 0.25) is 0 Å². The van der Waals surface area contributed by atoms with E-state index in [2.05, 4.69) is 31.1 Å². The molecule has 0 radical (unpaired) electrons. The summed E-state index contributed by atoms with van der Waals surface area (Å²) in [5.41, 5.74) is 3.20. The van der Waals surface area contributed by atoms with Gasteiger partial charge in [0.05, 0.1) is 12.2 Å². The van der Waals surface area contributed by atoms with Crippen LogP contribution in [0.3, 0.4) is 0 Å². The summed E-state index contributed by atoms with van der Waals surface area (Å²) in [4.78, 5) is 27.3. The highest BCUT2D eigenvalue weighted by molar-refractivity contribution is 5.74. The number of anilines is 1. The Morgan fingerprint density at radius 3 is 2.77 bits per heavy atom. The van der Waals surface area contributed by atoms with Gasteiger partial charge >= 0.3 is 0 Å². The fourth-order valence-electron chi connectivity index (χ4n) is 3.03. The van der Waals surface area contributed by atoms with Crippen molar-refractivity contribution in [1.82, 2.24) is 19.9 Å². The normalized spacial score (nSPS) is 14.1. The quantitative estimate of drug-likeness (QED) is 0.913. The monoisotopic (exact) mass is 353 g/mol. The summed E-state index contributed by atoms with van der Waals surface area (Å²) in [6.07, 6.45) is 5.34. The standard InChI is InChI=1S/C20H27N5O/c1-14(26)25-11-7-16-17(13-25)23-18(15-6-5-9-21-12-15)24-19(16)22-10-8-20(2,3)4/h5-6,9,12H,7-8,10-11,13H2,1-4H3,(H,22,23,24). The van der Waals surface area contributed by atoms with Gasteiger partial charge in [-0.25, -0.2) is 9.97 Å². The molecule has 0 fully saturated rings. The number of rotatable bonds is 4. The molecule has 1 N–H and O–H groups in total. The number of aromatic nitrogens is 3. The first-order valence-corrected chi connectivity index (χ1v) is 9.13. The smallest absolute Gasteiger partial charge is 0.219 e. The summed E-state index contributed by atoms with van der Waals surface area (Å²) >= 11 is 0. The maximum atomic E-state index is 11.8. The zero-order chi connectivity index (χ0) is 18.7. The summed E-state index contributed by atoms with van der Waals surface area (Å²) in [5.74, 6) is 1.63. The molecule has 0 bridgehead atoms. The molecule has 2 aromatic rings. The SMILES string of the molecule is CC(=O)N1CCc2c(nc(-c3cccnc3)nc2NCCC(C)(C)C)C1. The lowest BCUT2D eigenvalue weighted by Gasteiger charge is -2.29. The number of amides is 1. The molecule has 0 aliphatic carbocycles. The molecule has 1 amide bonds. The number of fused-ring (bicyclic) bond motifs is 1. The van der Waals surface area contributed by atoms with Crippen molar-refractivity contribution in [3.63, 3.8) is 0 Å². The highest BCUT2D eigenvalue weighted by atomic mass is 16.2. The average Bonchev–Trinajstić information content (AvgIpc) is 2.60. The van der Waals surface area contributed by atoms with Crippen LogP contribution in [0.4, 0.5) is 5.82 Å². The second kappa shape index (κ2) is 7.40. The zero-order valence-electron chi connectivity index (χ0n) is 16.0. The predicted octanol–water partition coefficient (Wildman–Crippen LogP) is 3.29. The first-order chi connectivity index (χ1) is 12.3. The third-order valence-electron chi connectivity index (χ3n) is 4.60. The lowest BCUT2D eigenvalue weighted by Crippen LogP contribution is -2.35. The fourth-order valence-corrected chi connectivity index (χ4v) is 3.03. The molecule has 2 aromatic heterocycles. The summed E-state index contributed by atoms with van der Waals surface area (Å²) in [5, 5.41) is 3.51. The molecule has 6 heteroatoms. The first-order valence-electron chi connectivity index (χ1n) is 9.13. The lowest BCUT2D eigenvalue weighted by atomic mass is 9.92. The molecule has 0 spiro atoms. The predicted molar refractivity (Wildman–Crippen MR) is 103 cm³/mol. The fraction of sp³-hybridized carbons (Fsp3) is 0.500. The summed E-state index contributed by atoms with van der Waals surface area (Å²) in [6, 6.07) is 3.84. The van der Waals surface area contributed by atoms with E-state index in [0.717, 1.165) is 42.0 Å². The van der Waals surface area contributed by atoms with E-state index in [0.29, 0.717) is 18.9 Å². The minimum Gasteiger partial charge on any atom is -0.370 e. The second-order valence-electron chi connectivity index (χ2n) is 7.99. The molecule has 3 rings (SSSR count). The van der Waals surface area contributed by atoms with Crippen LogP contribution in [-0.4, -0.2) is 38.8 Å². The number of hydrogen-bond acceptors (Lipinski definition) is 5. The number of carbonyl (C=O) groups is 1. The van der Waals surface area contributed by atoms with Gasteiger partial charge < -0.3 is 10.2 Å². The van der Waals surface area contributed by atoms with Crippen LogP contribution >= 0.6 is 0 Å². The van der Waals surface area contributed by atoms with E-state index < -0.39 is 0 Å². The van der Waals surface area contributed by atoms with E-state index in [1.165, 1.54) is 0 Å². The molecule has 0 atom stereocenters. The zero-order valence-corrected chi connectivity index (χ0v) is 16.0. The van der Waals surface area contributed by atoms with Gasteiger partial charge in [0, 0.05) is 43.5 Å². The molecule has 0 saturated heterocycles. The van der Waals surface area contributed by atoms with E-state index >= 15 is 0 Å². The van der Waals surface area contributed by atoms with Crippen LogP contribution in [0.15, 0.2) is 24.5 Å². The van der Waals surface area contributed by atoms with Crippen molar-refractivity contribution >= 4 is 11.7 Å². The van der Waals surface area contributed by atoms with Crippen molar-refractivity contribution < 1.29 is 4.79 Å². The lowest BCUT2D eigenvalue weighted by molar-refractivity contribution is -0.129. The number of carbonyl (C=O) groups excluding carboxylic acids is 1. The first kappa shape index (κ1) is 18.3. The van der Waals surface area contributed by atoms with E-state index in [-0.39, 0.29) is 11.3 Å². The van der Waals surface area contributed by atoms with Gasteiger partial charge in [0.2, 0.25) is 5.91 Å². The molecular weight excluding hydrogens is 326 g/mol. The van der Waals surface area contributed by atoms with Crippen molar-refractivity contribution in [1.29, 1.82) is 0 Å². The van der Waals surface area contributed by atoms with Crippen LogP contribution in [0, 0.1) is 5.41 Å². The van der Waals surface area contributed by atoms with Gasteiger partial charge in [-0.3, -0.25) is 9.78 Å². The molecule has 0 unspecified atom stereocenters. The second-order valence-corrected chi connectivity index (χ2v) is 7.99. The van der Waals surface area contributed by atoms with Gasteiger partial charge in [-0.15, -0.1) is 0 Å². The Bertz CT molecular complexity index is 783. The Balaban J connectivity index is 1.94. The van der Waals surface area contributed by atoms with Gasteiger partial charge in [-0.2, -0.15) is 0 Å². The Hall–Kier alpha value is -2.50. The highest BCUT2D eigenvalue weighted by Gasteiger charge is 2.24. The van der Waals surface area contributed by atoms with Crippen LogP contribution in [0.25, 0.3) is 11.4 Å². The Labute approximate surface area is 155 Å². The van der Waals surface area contributed by atoms with Crippen LogP contribution in [0.1, 0.15) is 45.4 Å².